The van der Waals surface area contributed by atoms with Gasteiger partial charge in [-0.15, -0.1) is 0 Å². The second-order valence-corrected chi connectivity index (χ2v) is 5.03. The van der Waals surface area contributed by atoms with Gasteiger partial charge in [-0.2, -0.15) is 5.10 Å². The van der Waals surface area contributed by atoms with Crippen molar-refractivity contribution in [3.63, 3.8) is 0 Å². The maximum Gasteiger partial charge on any atom is 0.191 e. The summed E-state index contributed by atoms with van der Waals surface area (Å²) in [6, 6.07) is 7.59. The second kappa shape index (κ2) is 7.65. The fourth-order valence-electron chi connectivity index (χ4n) is 2.01. The van der Waals surface area contributed by atoms with E-state index in [0.29, 0.717) is 11.0 Å². The van der Waals surface area contributed by atoms with Gasteiger partial charge in [0.15, 0.2) is 5.11 Å². The smallest absolute Gasteiger partial charge is 0.191 e. The van der Waals surface area contributed by atoms with Gasteiger partial charge in [-0.3, -0.25) is 5.43 Å². The standard InChI is InChI=1S/C15H19N3OS/c1-19-14-9-5-8-13(10-14)17-15(20)18-16-11-12-6-3-2-4-7-12/h2-3,5,8-12H,4,6-7H2,1H3,(H2,17,18,20)/b16-11-/t12-/m1/s1. The van der Waals surface area contributed by atoms with Crippen molar-refractivity contribution < 1.29 is 4.74 Å². The van der Waals surface area contributed by atoms with Crippen molar-refractivity contribution in [1.82, 2.24) is 5.43 Å². The van der Waals surface area contributed by atoms with E-state index in [2.05, 4.69) is 28.0 Å². The number of hydrogen-bond acceptors (Lipinski definition) is 3. The van der Waals surface area contributed by atoms with Gasteiger partial charge in [-0.1, -0.05) is 18.2 Å². The van der Waals surface area contributed by atoms with Crippen LogP contribution >= 0.6 is 12.2 Å². The van der Waals surface area contributed by atoms with E-state index in [-0.39, 0.29) is 0 Å². The van der Waals surface area contributed by atoms with Crippen LogP contribution < -0.4 is 15.5 Å². The number of allylic oxidation sites excluding steroid dienone is 2. The maximum absolute atomic E-state index is 5.19. The van der Waals surface area contributed by atoms with Gasteiger partial charge in [0.2, 0.25) is 0 Å². The van der Waals surface area contributed by atoms with Crippen LogP contribution in [0.2, 0.25) is 0 Å². The van der Waals surface area contributed by atoms with Crippen molar-refractivity contribution in [2.75, 3.05) is 12.4 Å². The largest absolute Gasteiger partial charge is 0.497 e. The number of hydrogen-bond donors (Lipinski definition) is 2. The zero-order chi connectivity index (χ0) is 14.2. The third kappa shape index (κ3) is 4.66. The molecule has 1 aromatic rings. The topological polar surface area (TPSA) is 45.6 Å². The van der Waals surface area contributed by atoms with Crippen LogP contribution in [-0.2, 0) is 0 Å². The molecule has 106 valence electrons. The minimum atomic E-state index is 0.473. The van der Waals surface area contributed by atoms with Crippen molar-refractivity contribution in [3.05, 3.63) is 36.4 Å². The first-order valence-electron chi connectivity index (χ1n) is 6.67. The fourth-order valence-corrected chi connectivity index (χ4v) is 2.18. The summed E-state index contributed by atoms with van der Waals surface area (Å²) in [7, 11) is 1.64. The zero-order valence-corrected chi connectivity index (χ0v) is 12.3. The van der Waals surface area contributed by atoms with Gasteiger partial charge in [0.25, 0.3) is 0 Å². The normalized spacial score (nSPS) is 17.9. The van der Waals surface area contributed by atoms with Crippen LogP contribution in [0.25, 0.3) is 0 Å². The molecular weight excluding hydrogens is 270 g/mol. The summed E-state index contributed by atoms with van der Waals surface area (Å²) in [5, 5.41) is 7.73. The summed E-state index contributed by atoms with van der Waals surface area (Å²) in [5.41, 5.74) is 3.71. The minimum Gasteiger partial charge on any atom is -0.497 e. The Hall–Kier alpha value is -1.88. The molecule has 0 spiro atoms. The van der Waals surface area contributed by atoms with Crippen LogP contribution in [-0.4, -0.2) is 18.4 Å². The Labute approximate surface area is 124 Å². The summed E-state index contributed by atoms with van der Waals surface area (Å²) in [6.07, 6.45) is 9.69. The summed E-state index contributed by atoms with van der Waals surface area (Å²) >= 11 is 5.19. The molecule has 1 aliphatic rings. The Balaban J connectivity index is 1.79. The van der Waals surface area contributed by atoms with Gasteiger partial charge in [0.1, 0.15) is 5.75 Å². The summed E-state index contributed by atoms with van der Waals surface area (Å²) in [6.45, 7) is 0. The Morgan fingerprint density at radius 2 is 2.35 bits per heavy atom. The number of nitrogens with zero attached hydrogens (tertiary/aromatic N) is 1. The molecule has 2 rings (SSSR count). The molecule has 20 heavy (non-hydrogen) atoms. The molecule has 1 aromatic carbocycles. The van der Waals surface area contributed by atoms with Gasteiger partial charge in [0.05, 0.1) is 7.11 Å². The highest BCUT2D eigenvalue weighted by Crippen LogP contribution is 2.17. The molecule has 0 radical (unpaired) electrons. The molecule has 1 atom stereocenters. The molecule has 0 bridgehead atoms. The minimum absolute atomic E-state index is 0.473. The fraction of sp³-hybridized carbons (Fsp3) is 0.333. The van der Waals surface area contributed by atoms with Crippen molar-refractivity contribution >= 4 is 29.2 Å². The molecule has 0 aliphatic heterocycles. The van der Waals surface area contributed by atoms with Crippen molar-refractivity contribution in [1.29, 1.82) is 0 Å². The maximum atomic E-state index is 5.19. The van der Waals surface area contributed by atoms with Crippen molar-refractivity contribution in [2.24, 2.45) is 11.0 Å². The third-order valence-corrected chi connectivity index (χ3v) is 3.28. The molecule has 0 saturated heterocycles. The molecule has 0 heterocycles. The number of nitrogens with one attached hydrogen (secondary N) is 2. The van der Waals surface area contributed by atoms with E-state index in [1.807, 2.05) is 30.5 Å². The monoisotopic (exact) mass is 289 g/mol. The van der Waals surface area contributed by atoms with Crippen LogP contribution in [0, 0.1) is 5.92 Å². The molecule has 0 saturated carbocycles. The Bertz CT molecular complexity index is 514. The highest BCUT2D eigenvalue weighted by molar-refractivity contribution is 7.80. The molecule has 0 aromatic heterocycles. The number of hydrazone groups is 1. The van der Waals surface area contributed by atoms with E-state index in [0.717, 1.165) is 30.7 Å². The Morgan fingerprint density at radius 3 is 3.10 bits per heavy atom. The molecule has 2 N–H and O–H groups in total. The van der Waals surface area contributed by atoms with Gasteiger partial charge in [-0.25, -0.2) is 0 Å². The molecule has 4 nitrogen and oxygen atoms in total. The van der Waals surface area contributed by atoms with E-state index in [4.69, 9.17) is 17.0 Å². The highest BCUT2D eigenvalue weighted by Gasteiger charge is 2.06. The predicted octanol–water partition coefficient (Wildman–Crippen LogP) is 3.32. The van der Waals surface area contributed by atoms with Crippen LogP contribution in [0.15, 0.2) is 41.5 Å². The quantitative estimate of drug-likeness (QED) is 0.386. The van der Waals surface area contributed by atoms with Crippen LogP contribution in [0.3, 0.4) is 0 Å². The summed E-state index contributed by atoms with van der Waals surface area (Å²) < 4.78 is 5.16. The lowest BCUT2D eigenvalue weighted by Gasteiger charge is -2.12. The molecule has 0 unspecified atom stereocenters. The first-order valence-corrected chi connectivity index (χ1v) is 7.08. The third-order valence-electron chi connectivity index (χ3n) is 3.09. The van der Waals surface area contributed by atoms with Gasteiger partial charge in [-0.05, 0) is 49.5 Å². The second-order valence-electron chi connectivity index (χ2n) is 4.62. The number of anilines is 1. The van der Waals surface area contributed by atoms with E-state index >= 15 is 0 Å². The molecular formula is C15H19N3OS. The summed E-state index contributed by atoms with van der Waals surface area (Å²) in [5.74, 6) is 1.29. The molecule has 1 aliphatic carbocycles. The lowest BCUT2D eigenvalue weighted by atomic mass is 9.96. The number of ether oxygens (including phenoxy) is 1. The van der Waals surface area contributed by atoms with E-state index in [9.17, 15) is 0 Å². The van der Waals surface area contributed by atoms with Gasteiger partial charge in [0, 0.05) is 18.0 Å². The molecule has 0 fully saturated rings. The average molecular weight is 289 g/mol. The number of methoxy groups -OCH3 is 1. The Kier molecular flexibility index (Phi) is 5.55. The SMILES string of the molecule is COc1cccc(NC(=S)N/N=C\[C@@H]2CC=CCC2)c1. The van der Waals surface area contributed by atoms with Crippen LogP contribution in [0.4, 0.5) is 5.69 Å². The lowest BCUT2D eigenvalue weighted by molar-refractivity contribution is 0.415. The first-order chi connectivity index (χ1) is 9.78. The van der Waals surface area contributed by atoms with E-state index in [1.165, 1.54) is 0 Å². The van der Waals surface area contributed by atoms with Crippen LogP contribution in [0.5, 0.6) is 5.75 Å². The van der Waals surface area contributed by atoms with Crippen molar-refractivity contribution in [2.45, 2.75) is 19.3 Å². The number of rotatable bonds is 4. The Morgan fingerprint density at radius 1 is 1.45 bits per heavy atom. The first kappa shape index (κ1) is 14.5. The van der Waals surface area contributed by atoms with E-state index < -0.39 is 0 Å². The average Bonchev–Trinajstić information content (AvgIpc) is 2.48. The molecule has 5 heteroatoms. The number of benzene rings is 1. The lowest BCUT2D eigenvalue weighted by Crippen LogP contribution is -2.24. The predicted molar refractivity (Wildman–Crippen MR) is 87.3 cm³/mol. The zero-order valence-electron chi connectivity index (χ0n) is 11.5. The van der Waals surface area contributed by atoms with E-state index in [1.54, 1.807) is 7.11 Å². The van der Waals surface area contributed by atoms with Gasteiger partial charge >= 0.3 is 0 Å². The molecule has 0 amide bonds. The van der Waals surface area contributed by atoms with Gasteiger partial charge < -0.3 is 10.1 Å². The van der Waals surface area contributed by atoms with Crippen LogP contribution in [0.1, 0.15) is 19.3 Å². The number of thiocarbonyl (C=S) groups is 1. The summed E-state index contributed by atoms with van der Waals surface area (Å²) in [4.78, 5) is 0. The highest BCUT2D eigenvalue weighted by atomic mass is 32.1. The van der Waals surface area contributed by atoms with Crippen molar-refractivity contribution in [3.8, 4) is 5.75 Å².